The van der Waals surface area contributed by atoms with Gasteiger partial charge in [0.15, 0.2) is 0 Å². The maximum atomic E-state index is 9.05. The smallest absolute Gasteiger partial charge is 0.0728 e. The molecule has 3 heteroatoms. The number of hydrogen-bond acceptors (Lipinski definition) is 2. The molecular weight excluding hydrogens is 234 g/mol. The van der Waals surface area contributed by atoms with E-state index in [1.54, 1.807) is 0 Å². The van der Waals surface area contributed by atoms with Gasteiger partial charge in [0.05, 0.1) is 18.2 Å². The summed E-state index contributed by atoms with van der Waals surface area (Å²) >= 11 is 0. The first kappa shape index (κ1) is 11.5. The second kappa shape index (κ2) is 3.85. The lowest BCUT2D eigenvalue weighted by atomic mass is 9.48. The fourth-order valence-corrected chi connectivity index (χ4v) is 5.60. The van der Waals surface area contributed by atoms with Crippen LogP contribution in [0.5, 0.6) is 0 Å². The number of nitriles is 1. The van der Waals surface area contributed by atoms with E-state index in [-0.39, 0.29) is 0 Å². The van der Waals surface area contributed by atoms with Crippen LogP contribution < -0.4 is 0 Å². The molecule has 0 amide bonds. The number of nitrogens with zero attached hydrogens (tertiary/aromatic N) is 3. The Kier molecular flexibility index (Phi) is 2.33. The molecule has 0 spiro atoms. The van der Waals surface area contributed by atoms with E-state index in [0.717, 1.165) is 17.8 Å². The molecule has 4 aliphatic carbocycles. The highest BCUT2D eigenvalue weighted by Crippen LogP contribution is 2.60. The molecule has 4 aliphatic rings. The molecule has 1 aromatic heterocycles. The fraction of sp³-hybridized carbons (Fsp3) is 0.750. The topological polar surface area (TPSA) is 41.6 Å². The zero-order valence-electron chi connectivity index (χ0n) is 11.6. The Morgan fingerprint density at radius 2 is 1.84 bits per heavy atom. The van der Waals surface area contributed by atoms with Crippen molar-refractivity contribution in [2.45, 2.75) is 50.4 Å². The van der Waals surface area contributed by atoms with Gasteiger partial charge in [-0.25, -0.2) is 0 Å². The maximum Gasteiger partial charge on any atom is 0.0728 e. The van der Waals surface area contributed by atoms with Gasteiger partial charge in [-0.3, -0.25) is 4.68 Å². The zero-order valence-corrected chi connectivity index (χ0v) is 11.6. The van der Waals surface area contributed by atoms with Gasteiger partial charge < -0.3 is 0 Å². The second-order valence-electron chi connectivity index (χ2n) is 7.21. The van der Waals surface area contributed by atoms with Gasteiger partial charge in [0.1, 0.15) is 0 Å². The van der Waals surface area contributed by atoms with Crippen LogP contribution in [-0.2, 0) is 18.9 Å². The summed E-state index contributed by atoms with van der Waals surface area (Å²) in [5.74, 6) is 2.80. The molecule has 4 saturated carbocycles. The third-order valence-corrected chi connectivity index (χ3v) is 5.71. The normalized spacial score (nSPS) is 39.5. The van der Waals surface area contributed by atoms with Crippen LogP contribution in [-0.4, -0.2) is 9.78 Å². The second-order valence-corrected chi connectivity index (χ2v) is 7.21. The summed E-state index contributed by atoms with van der Waals surface area (Å²) < 4.78 is 1.92. The average Bonchev–Trinajstić information content (AvgIpc) is 2.70. The molecule has 0 radical (unpaired) electrons. The van der Waals surface area contributed by atoms with E-state index < -0.39 is 0 Å². The van der Waals surface area contributed by atoms with Crippen LogP contribution >= 0.6 is 0 Å². The molecule has 0 unspecified atom stereocenters. The van der Waals surface area contributed by atoms with Crippen molar-refractivity contribution in [2.75, 3.05) is 0 Å². The van der Waals surface area contributed by atoms with Crippen LogP contribution in [0.4, 0.5) is 0 Å². The van der Waals surface area contributed by atoms with Gasteiger partial charge in [-0.05, 0) is 56.3 Å². The van der Waals surface area contributed by atoms with Crippen LogP contribution in [0.2, 0.25) is 0 Å². The van der Waals surface area contributed by atoms with Gasteiger partial charge in [-0.2, -0.15) is 10.4 Å². The minimum absolute atomic E-state index is 0.322. The molecule has 4 bridgehead atoms. The van der Waals surface area contributed by atoms with Crippen molar-refractivity contribution in [3.05, 3.63) is 17.5 Å². The summed E-state index contributed by atoms with van der Waals surface area (Å²) in [7, 11) is 1.99. The molecule has 1 heterocycles. The quantitative estimate of drug-likeness (QED) is 0.815. The Morgan fingerprint density at radius 3 is 2.37 bits per heavy atom. The van der Waals surface area contributed by atoms with E-state index in [4.69, 9.17) is 10.4 Å². The van der Waals surface area contributed by atoms with Gasteiger partial charge in [0.2, 0.25) is 0 Å². The van der Waals surface area contributed by atoms with Gasteiger partial charge in [-0.15, -0.1) is 0 Å². The monoisotopic (exact) mass is 255 g/mol. The standard InChI is InChI=1S/C16H21N3/c1-19-10-14(2-3-17)15(18-19)16-7-11-4-12(8-16)6-13(5-11)9-16/h10-13H,2,4-9H2,1H3. The van der Waals surface area contributed by atoms with Crippen molar-refractivity contribution in [1.29, 1.82) is 5.26 Å². The summed E-state index contributed by atoms with van der Waals surface area (Å²) in [5, 5.41) is 13.8. The van der Waals surface area contributed by atoms with Crippen LogP contribution in [0.3, 0.4) is 0 Å². The minimum atomic E-state index is 0.322. The van der Waals surface area contributed by atoms with Crippen LogP contribution in [0.25, 0.3) is 0 Å². The SMILES string of the molecule is Cn1cc(CC#N)c(C23CC4CC(CC(C4)C2)C3)n1. The molecule has 0 atom stereocenters. The molecule has 4 fully saturated rings. The van der Waals surface area contributed by atoms with E-state index in [2.05, 4.69) is 12.3 Å². The molecule has 0 N–H and O–H groups in total. The van der Waals surface area contributed by atoms with Crippen molar-refractivity contribution in [3.63, 3.8) is 0 Å². The summed E-state index contributed by atoms with van der Waals surface area (Å²) in [5.41, 5.74) is 2.78. The number of aryl methyl sites for hydroxylation is 1. The first-order chi connectivity index (χ1) is 9.18. The van der Waals surface area contributed by atoms with Crippen molar-refractivity contribution in [2.24, 2.45) is 24.8 Å². The summed E-state index contributed by atoms with van der Waals surface area (Å²) in [6.45, 7) is 0. The van der Waals surface area contributed by atoms with Gasteiger partial charge in [-0.1, -0.05) is 0 Å². The first-order valence-electron chi connectivity index (χ1n) is 7.58. The van der Waals surface area contributed by atoms with Gasteiger partial charge in [0.25, 0.3) is 0 Å². The lowest BCUT2D eigenvalue weighted by Crippen LogP contribution is -2.49. The predicted octanol–water partition coefficient (Wildman–Crippen LogP) is 2.95. The van der Waals surface area contributed by atoms with Crippen LogP contribution in [0.15, 0.2) is 6.20 Å². The number of rotatable bonds is 2. The molecule has 0 aliphatic heterocycles. The fourth-order valence-electron chi connectivity index (χ4n) is 5.60. The Labute approximate surface area is 114 Å². The molecular formula is C16H21N3. The van der Waals surface area contributed by atoms with Crippen LogP contribution in [0, 0.1) is 29.1 Å². The summed E-state index contributed by atoms with van der Waals surface area (Å²) in [6.07, 6.45) is 10.9. The van der Waals surface area contributed by atoms with Gasteiger partial charge in [0, 0.05) is 24.2 Å². The van der Waals surface area contributed by atoms with Crippen molar-refractivity contribution < 1.29 is 0 Å². The largest absolute Gasteiger partial charge is 0.275 e. The third-order valence-electron chi connectivity index (χ3n) is 5.71. The Hall–Kier alpha value is -1.30. The van der Waals surface area contributed by atoms with E-state index >= 15 is 0 Å². The highest BCUT2D eigenvalue weighted by atomic mass is 15.3. The number of hydrogen-bond donors (Lipinski definition) is 0. The summed E-state index contributed by atoms with van der Waals surface area (Å²) in [6, 6.07) is 2.32. The lowest BCUT2D eigenvalue weighted by molar-refractivity contribution is -0.00775. The van der Waals surface area contributed by atoms with Crippen molar-refractivity contribution >= 4 is 0 Å². The Balaban J connectivity index is 1.77. The summed E-state index contributed by atoms with van der Waals surface area (Å²) in [4.78, 5) is 0. The third kappa shape index (κ3) is 1.65. The average molecular weight is 255 g/mol. The number of aromatic nitrogens is 2. The molecule has 0 aromatic carbocycles. The van der Waals surface area contributed by atoms with E-state index in [9.17, 15) is 0 Å². The Morgan fingerprint density at radius 1 is 1.26 bits per heavy atom. The van der Waals surface area contributed by atoms with E-state index in [1.807, 2.05) is 11.7 Å². The molecule has 5 rings (SSSR count). The zero-order chi connectivity index (χ0) is 13.0. The molecule has 100 valence electrons. The van der Waals surface area contributed by atoms with E-state index in [1.165, 1.54) is 49.8 Å². The van der Waals surface area contributed by atoms with Crippen LogP contribution in [0.1, 0.15) is 49.8 Å². The lowest BCUT2D eigenvalue weighted by Gasteiger charge is -2.56. The molecule has 19 heavy (non-hydrogen) atoms. The maximum absolute atomic E-state index is 9.05. The minimum Gasteiger partial charge on any atom is -0.275 e. The molecule has 0 saturated heterocycles. The predicted molar refractivity (Wildman–Crippen MR) is 72.4 cm³/mol. The molecule has 1 aromatic rings. The van der Waals surface area contributed by atoms with E-state index in [0.29, 0.717) is 11.8 Å². The Bertz CT molecular complexity index is 514. The highest BCUT2D eigenvalue weighted by Gasteiger charge is 2.53. The first-order valence-corrected chi connectivity index (χ1v) is 7.58. The highest BCUT2D eigenvalue weighted by molar-refractivity contribution is 5.31. The van der Waals surface area contributed by atoms with Crippen molar-refractivity contribution in [1.82, 2.24) is 9.78 Å². The van der Waals surface area contributed by atoms with Crippen molar-refractivity contribution in [3.8, 4) is 6.07 Å². The molecule has 3 nitrogen and oxygen atoms in total. The van der Waals surface area contributed by atoms with Gasteiger partial charge >= 0.3 is 0 Å².